The number of hydrogen-bond donors (Lipinski definition) is 0. The van der Waals surface area contributed by atoms with Crippen LogP contribution in [0.25, 0.3) is 0 Å². The summed E-state index contributed by atoms with van der Waals surface area (Å²) in [6.07, 6.45) is 1.75. The summed E-state index contributed by atoms with van der Waals surface area (Å²) in [6, 6.07) is 18.4. The van der Waals surface area contributed by atoms with E-state index in [-0.39, 0.29) is 4.83 Å². The molecule has 2 aromatic rings. The fourth-order valence-electron chi connectivity index (χ4n) is 1.73. The second-order valence-corrected chi connectivity index (χ2v) is 4.86. The van der Waals surface area contributed by atoms with Gasteiger partial charge < -0.3 is 4.74 Å². The highest BCUT2D eigenvalue weighted by molar-refractivity contribution is 9.09. The van der Waals surface area contributed by atoms with Crippen LogP contribution in [0.5, 0.6) is 5.75 Å². The van der Waals surface area contributed by atoms with Crippen molar-refractivity contribution in [3.8, 4) is 5.75 Å². The zero-order valence-corrected chi connectivity index (χ0v) is 11.6. The minimum atomic E-state index is 0.186. The molecule has 0 amide bonds. The van der Waals surface area contributed by atoms with Crippen molar-refractivity contribution in [2.75, 3.05) is 6.61 Å². The summed E-state index contributed by atoms with van der Waals surface area (Å²) in [4.78, 5) is 0.186. The zero-order chi connectivity index (χ0) is 12.8. The van der Waals surface area contributed by atoms with E-state index in [0.717, 1.165) is 5.75 Å². The van der Waals surface area contributed by atoms with Gasteiger partial charge in [0.1, 0.15) is 12.4 Å². The van der Waals surface area contributed by atoms with E-state index in [0.29, 0.717) is 6.61 Å². The quantitative estimate of drug-likeness (QED) is 0.573. The Morgan fingerprint density at radius 1 is 1.06 bits per heavy atom. The van der Waals surface area contributed by atoms with Crippen LogP contribution < -0.4 is 4.74 Å². The van der Waals surface area contributed by atoms with E-state index in [9.17, 15) is 0 Å². The van der Waals surface area contributed by atoms with Gasteiger partial charge in [-0.15, -0.1) is 0 Å². The van der Waals surface area contributed by atoms with E-state index >= 15 is 0 Å². The lowest BCUT2D eigenvalue weighted by atomic mass is 10.0. The van der Waals surface area contributed by atoms with Crippen molar-refractivity contribution in [2.24, 2.45) is 0 Å². The summed E-state index contributed by atoms with van der Waals surface area (Å²) >= 11 is 3.72. The molecule has 0 saturated carbocycles. The summed E-state index contributed by atoms with van der Waals surface area (Å²) in [5.41, 5.74) is 2.42. The summed E-state index contributed by atoms with van der Waals surface area (Å²) < 4.78 is 5.54. The minimum absolute atomic E-state index is 0.186. The smallest absolute Gasteiger partial charge is 0.120 e. The lowest BCUT2D eigenvalue weighted by Gasteiger charge is -2.12. The molecule has 0 bridgehead atoms. The Bertz CT molecular complexity index is 508. The molecule has 0 N–H and O–H groups in total. The van der Waals surface area contributed by atoms with E-state index in [4.69, 9.17) is 4.74 Å². The van der Waals surface area contributed by atoms with Gasteiger partial charge in [0.05, 0.1) is 4.83 Å². The fraction of sp³-hybridized carbons (Fsp3) is 0.125. The molecule has 2 aromatic carbocycles. The summed E-state index contributed by atoms with van der Waals surface area (Å²) in [5, 5.41) is 0. The molecule has 0 heterocycles. The maximum Gasteiger partial charge on any atom is 0.120 e. The topological polar surface area (TPSA) is 9.23 Å². The van der Waals surface area contributed by atoms with Crippen LogP contribution in [0.4, 0.5) is 0 Å². The van der Waals surface area contributed by atoms with Gasteiger partial charge in [-0.3, -0.25) is 0 Å². The average Bonchev–Trinajstić information content (AvgIpc) is 2.45. The van der Waals surface area contributed by atoms with Crippen molar-refractivity contribution >= 4 is 15.9 Å². The van der Waals surface area contributed by atoms with E-state index < -0.39 is 0 Å². The van der Waals surface area contributed by atoms with Crippen LogP contribution in [0.1, 0.15) is 16.0 Å². The molecule has 0 spiro atoms. The molecule has 0 fully saturated rings. The molecule has 1 atom stereocenters. The minimum Gasteiger partial charge on any atom is -0.490 e. The van der Waals surface area contributed by atoms with E-state index in [1.165, 1.54) is 11.1 Å². The molecule has 1 unspecified atom stereocenters. The molecule has 0 radical (unpaired) electrons. The molecule has 0 aliphatic rings. The molecule has 0 aliphatic heterocycles. The first-order chi connectivity index (χ1) is 8.81. The number of rotatable bonds is 5. The van der Waals surface area contributed by atoms with Crippen LogP contribution in [-0.4, -0.2) is 6.61 Å². The molecule has 1 nitrogen and oxygen atoms in total. The fourth-order valence-corrected chi connectivity index (χ4v) is 2.32. The predicted octanol–water partition coefficient (Wildman–Crippen LogP) is 4.74. The van der Waals surface area contributed by atoms with Gasteiger partial charge in [-0.1, -0.05) is 71.0 Å². The maximum absolute atomic E-state index is 5.54. The lowest BCUT2D eigenvalue weighted by Crippen LogP contribution is -1.96. The summed E-state index contributed by atoms with van der Waals surface area (Å²) in [5.74, 6) is 0.868. The van der Waals surface area contributed by atoms with Gasteiger partial charge in [-0.2, -0.15) is 0 Å². The molecule has 0 saturated heterocycles. The van der Waals surface area contributed by atoms with E-state index in [2.05, 4.69) is 46.8 Å². The number of benzene rings is 2. The Morgan fingerprint density at radius 2 is 1.78 bits per heavy atom. The Kier molecular flexibility index (Phi) is 4.59. The highest BCUT2D eigenvalue weighted by Crippen LogP contribution is 2.32. The second-order valence-electron chi connectivity index (χ2n) is 3.95. The highest BCUT2D eigenvalue weighted by atomic mass is 79.9. The Hall–Kier alpha value is -1.54. The third kappa shape index (κ3) is 3.23. The van der Waals surface area contributed by atoms with Gasteiger partial charge in [0.2, 0.25) is 0 Å². The Labute approximate surface area is 116 Å². The van der Waals surface area contributed by atoms with E-state index in [1.54, 1.807) is 6.08 Å². The first-order valence-electron chi connectivity index (χ1n) is 5.84. The number of hydrogen-bond acceptors (Lipinski definition) is 1. The van der Waals surface area contributed by atoms with Gasteiger partial charge >= 0.3 is 0 Å². The highest BCUT2D eigenvalue weighted by Gasteiger charge is 2.10. The van der Waals surface area contributed by atoms with Crippen LogP contribution >= 0.6 is 15.9 Å². The maximum atomic E-state index is 5.54. The van der Waals surface area contributed by atoms with Crippen molar-refractivity contribution in [3.05, 3.63) is 78.4 Å². The van der Waals surface area contributed by atoms with Crippen LogP contribution in [0, 0.1) is 0 Å². The van der Waals surface area contributed by atoms with Gasteiger partial charge in [0.15, 0.2) is 0 Å². The monoisotopic (exact) mass is 302 g/mol. The third-order valence-electron chi connectivity index (χ3n) is 2.61. The van der Waals surface area contributed by atoms with Crippen molar-refractivity contribution in [1.82, 2.24) is 0 Å². The van der Waals surface area contributed by atoms with Gasteiger partial charge in [-0.25, -0.2) is 0 Å². The van der Waals surface area contributed by atoms with E-state index in [1.807, 2.05) is 30.3 Å². The lowest BCUT2D eigenvalue weighted by molar-refractivity contribution is 0.363. The van der Waals surface area contributed by atoms with Crippen molar-refractivity contribution in [2.45, 2.75) is 4.83 Å². The number of alkyl halides is 1. The molecule has 0 aliphatic carbocycles. The zero-order valence-electron chi connectivity index (χ0n) is 10.1. The largest absolute Gasteiger partial charge is 0.490 e. The summed E-state index contributed by atoms with van der Waals surface area (Å²) in [7, 11) is 0. The molecule has 0 aromatic heterocycles. The molecule has 18 heavy (non-hydrogen) atoms. The molecular formula is C16H15BrO. The molecular weight excluding hydrogens is 288 g/mol. The number of halogens is 1. The van der Waals surface area contributed by atoms with Crippen LogP contribution in [0.15, 0.2) is 67.3 Å². The standard InChI is InChI=1S/C16H15BrO/c1-2-11-18-15-10-6-9-14(12-15)16(17)13-7-4-3-5-8-13/h2-10,12,16H,1,11H2. The normalized spacial score (nSPS) is 11.8. The SMILES string of the molecule is C=CCOc1cccc(C(Br)c2ccccc2)c1. The molecule has 2 heteroatoms. The first kappa shape index (κ1) is 12.9. The molecule has 92 valence electrons. The van der Waals surface area contributed by atoms with Gasteiger partial charge in [-0.05, 0) is 23.3 Å². The Balaban J connectivity index is 2.20. The van der Waals surface area contributed by atoms with Crippen LogP contribution in [0.2, 0.25) is 0 Å². The van der Waals surface area contributed by atoms with Crippen LogP contribution in [0.3, 0.4) is 0 Å². The van der Waals surface area contributed by atoms with Crippen molar-refractivity contribution in [3.63, 3.8) is 0 Å². The average molecular weight is 303 g/mol. The predicted molar refractivity (Wildman–Crippen MR) is 79.3 cm³/mol. The van der Waals surface area contributed by atoms with Crippen molar-refractivity contribution in [1.29, 1.82) is 0 Å². The van der Waals surface area contributed by atoms with Crippen LogP contribution in [-0.2, 0) is 0 Å². The summed E-state index contributed by atoms with van der Waals surface area (Å²) in [6.45, 7) is 4.18. The van der Waals surface area contributed by atoms with Crippen molar-refractivity contribution < 1.29 is 4.74 Å². The first-order valence-corrected chi connectivity index (χ1v) is 6.75. The Morgan fingerprint density at radius 3 is 2.50 bits per heavy atom. The van der Waals surface area contributed by atoms with Gasteiger partial charge in [0.25, 0.3) is 0 Å². The second kappa shape index (κ2) is 6.41. The number of ether oxygens (including phenoxy) is 1. The molecule has 2 rings (SSSR count). The third-order valence-corrected chi connectivity index (χ3v) is 3.67. The van der Waals surface area contributed by atoms with Gasteiger partial charge in [0, 0.05) is 0 Å².